The van der Waals surface area contributed by atoms with E-state index in [1.807, 2.05) is 30.5 Å². The summed E-state index contributed by atoms with van der Waals surface area (Å²) < 4.78 is 0. The Kier molecular flexibility index (Phi) is 3.69. The fourth-order valence-corrected chi connectivity index (χ4v) is 2.28. The van der Waals surface area contributed by atoms with Crippen LogP contribution in [0.25, 0.3) is 11.1 Å². The van der Waals surface area contributed by atoms with E-state index in [1.165, 1.54) is 11.2 Å². The molecule has 0 N–H and O–H groups in total. The van der Waals surface area contributed by atoms with Gasteiger partial charge in [-0.15, -0.1) is 11.8 Å². The second-order valence-electron chi connectivity index (χ2n) is 3.06. The summed E-state index contributed by atoms with van der Waals surface area (Å²) in [6.45, 7) is 0. The number of rotatable bonds is 2. The Labute approximate surface area is 108 Å². The van der Waals surface area contributed by atoms with Crippen LogP contribution in [0.4, 0.5) is 0 Å². The molecule has 16 heavy (non-hydrogen) atoms. The number of hydrogen-bond acceptors (Lipinski definition) is 3. The zero-order valence-corrected chi connectivity index (χ0v) is 10.8. The maximum absolute atomic E-state index is 6.00. The van der Waals surface area contributed by atoms with Gasteiger partial charge in [-0.1, -0.05) is 35.3 Å². The van der Waals surface area contributed by atoms with E-state index in [2.05, 4.69) is 9.97 Å². The van der Waals surface area contributed by atoms with Crippen LogP contribution in [0.3, 0.4) is 0 Å². The van der Waals surface area contributed by atoms with Crippen molar-refractivity contribution in [1.29, 1.82) is 0 Å². The average molecular weight is 271 g/mol. The quantitative estimate of drug-likeness (QED) is 0.605. The summed E-state index contributed by atoms with van der Waals surface area (Å²) in [5.41, 5.74) is 1.60. The van der Waals surface area contributed by atoms with Crippen molar-refractivity contribution < 1.29 is 0 Å². The van der Waals surface area contributed by atoms with Gasteiger partial charge in [-0.05, 0) is 24.0 Å². The van der Waals surface area contributed by atoms with Gasteiger partial charge in [0, 0.05) is 4.90 Å². The second kappa shape index (κ2) is 5.04. The molecule has 0 aliphatic carbocycles. The second-order valence-corrected chi connectivity index (χ2v) is 4.65. The highest BCUT2D eigenvalue weighted by Gasteiger charge is 2.10. The van der Waals surface area contributed by atoms with Crippen LogP contribution < -0.4 is 0 Å². The lowest BCUT2D eigenvalue weighted by Crippen LogP contribution is -1.88. The Balaban J connectivity index is 2.50. The summed E-state index contributed by atoms with van der Waals surface area (Å²) in [5, 5.41) is 0.744. The van der Waals surface area contributed by atoms with Crippen LogP contribution in [0.5, 0.6) is 0 Å². The molecule has 0 radical (unpaired) electrons. The minimum Gasteiger partial charge on any atom is -0.224 e. The van der Waals surface area contributed by atoms with Gasteiger partial charge in [0.25, 0.3) is 0 Å². The largest absolute Gasteiger partial charge is 0.224 e. The predicted octanol–water partition coefficient (Wildman–Crippen LogP) is 4.17. The Morgan fingerprint density at radius 1 is 1.00 bits per heavy atom. The van der Waals surface area contributed by atoms with Gasteiger partial charge >= 0.3 is 0 Å². The zero-order valence-electron chi connectivity index (χ0n) is 8.45. The minimum absolute atomic E-state index is 0.372. The van der Waals surface area contributed by atoms with E-state index in [4.69, 9.17) is 23.2 Å². The van der Waals surface area contributed by atoms with Crippen LogP contribution in [0.2, 0.25) is 10.3 Å². The summed E-state index contributed by atoms with van der Waals surface area (Å²) in [6, 6.07) is 7.95. The summed E-state index contributed by atoms with van der Waals surface area (Å²) >= 11 is 13.7. The fourth-order valence-electron chi connectivity index (χ4n) is 1.34. The molecule has 0 spiro atoms. The molecule has 0 unspecified atom stereocenters. The predicted molar refractivity (Wildman–Crippen MR) is 69.3 cm³/mol. The number of nitrogens with zero attached hydrogens (tertiary/aromatic N) is 2. The number of hydrogen-bond donors (Lipinski definition) is 0. The molecule has 0 amide bonds. The number of benzene rings is 1. The summed E-state index contributed by atoms with van der Waals surface area (Å²) in [5.74, 6) is 0. The fraction of sp³-hybridized carbons (Fsp3) is 0.0909. The van der Waals surface area contributed by atoms with Gasteiger partial charge in [0.2, 0.25) is 0 Å². The standard InChI is InChI=1S/C11H8Cl2N2S/c1-16-8-4-2-7(3-5-8)9-10(12)14-6-15-11(9)13/h2-6H,1H3. The van der Waals surface area contributed by atoms with Gasteiger partial charge in [-0.25, -0.2) is 9.97 Å². The first-order valence-corrected chi connectivity index (χ1v) is 6.51. The zero-order chi connectivity index (χ0) is 11.5. The minimum atomic E-state index is 0.372. The molecule has 0 fully saturated rings. The summed E-state index contributed by atoms with van der Waals surface area (Å²) in [7, 11) is 0. The van der Waals surface area contributed by atoms with Crippen molar-refractivity contribution in [2.75, 3.05) is 6.26 Å². The molecule has 82 valence electrons. The number of halogens is 2. The van der Waals surface area contributed by atoms with Crippen molar-refractivity contribution in [2.24, 2.45) is 0 Å². The van der Waals surface area contributed by atoms with E-state index in [9.17, 15) is 0 Å². The third-order valence-corrected chi connectivity index (χ3v) is 3.45. The maximum atomic E-state index is 6.00. The van der Waals surface area contributed by atoms with E-state index in [0.29, 0.717) is 15.9 Å². The van der Waals surface area contributed by atoms with Gasteiger partial charge in [0.05, 0.1) is 5.56 Å². The van der Waals surface area contributed by atoms with Crippen molar-refractivity contribution in [2.45, 2.75) is 4.90 Å². The number of aromatic nitrogens is 2. The molecule has 1 aromatic heterocycles. The Bertz CT molecular complexity index is 480. The van der Waals surface area contributed by atoms with Crippen LogP contribution in [-0.2, 0) is 0 Å². The number of thioether (sulfide) groups is 1. The maximum Gasteiger partial charge on any atom is 0.141 e. The molecule has 0 saturated heterocycles. The van der Waals surface area contributed by atoms with Gasteiger partial charge in [0.1, 0.15) is 16.6 Å². The lowest BCUT2D eigenvalue weighted by Gasteiger charge is -2.05. The lowest BCUT2D eigenvalue weighted by molar-refractivity contribution is 1.17. The van der Waals surface area contributed by atoms with E-state index in [0.717, 1.165) is 5.56 Å². The van der Waals surface area contributed by atoms with Crippen molar-refractivity contribution in [3.8, 4) is 11.1 Å². The molecule has 1 aromatic carbocycles. The molecule has 0 aliphatic heterocycles. The van der Waals surface area contributed by atoms with Crippen molar-refractivity contribution in [1.82, 2.24) is 9.97 Å². The molecular weight excluding hydrogens is 263 g/mol. The van der Waals surface area contributed by atoms with Crippen LogP contribution >= 0.6 is 35.0 Å². The molecule has 2 nitrogen and oxygen atoms in total. The highest BCUT2D eigenvalue weighted by atomic mass is 35.5. The highest BCUT2D eigenvalue weighted by molar-refractivity contribution is 7.98. The normalized spacial score (nSPS) is 10.4. The first kappa shape index (κ1) is 11.7. The smallest absolute Gasteiger partial charge is 0.141 e. The van der Waals surface area contributed by atoms with Crippen LogP contribution in [0.1, 0.15) is 0 Å². The Morgan fingerprint density at radius 3 is 2.06 bits per heavy atom. The van der Waals surface area contributed by atoms with E-state index >= 15 is 0 Å². The average Bonchev–Trinajstić information content (AvgIpc) is 2.30. The van der Waals surface area contributed by atoms with E-state index in [-0.39, 0.29) is 0 Å². The summed E-state index contributed by atoms with van der Waals surface area (Å²) in [6.07, 6.45) is 3.38. The molecular formula is C11H8Cl2N2S. The lowest BCUT2D eigenvalue weighted by atomic mass is 10.1. The molecule has 1 heterocycles. The first-order chi connectivity index (χ1) is 7.72. The van der Waals surface area contributed by atoms with Crippen LogP contribution in [0.15, 0.2) is 35.5 Å². The third kappa shape index (κ3) is 2.32. The van der Waals surface area contributed by atoms with Crippen molar-refractivity contribution in [3.63, 3.8) is 0 Å². The topological polar surface area (TPSA) is 25.8 Å². The highest BCUT2D eigenvalue weighted by Crippen LogP contribution is 2.32. The third-order valence-electron chi connectivity index (χ3n) is 2.13. The molecule has 5 heteroatoms. The summed E-state index contributed by atoms with van der Waals surface area (Å²) in [4.78, 5) is 9.03. The van der Waals surface area contributed by atoms with Crippen molar-refractivity contribution in [3.05, 3.63) is 40.9 Å². The SMILES string of the molecule is CSc1ccc(-c2c(Cl)ncnc2Cl)cc1. The molecule has 0 atom stereocenters. The molecule has 0 aliphatic rings. The first-order valence-electron chi connectivity index (χ1n) is 4.53. The molecule has 0 bridgehead atoms. The van der Waals surface area contributed by atoms with Gasteiger partial charge in [-0.2, -0.15) is 0 Å². The van der Waals surface area contributed by atoms with Gasteiger partial charge in [0.15, 0.2) is 0 Å². The van der Waals surface area contributed by atoms with Crippen LogP contribution in [0, 0.1) is 0 Å². The molecule has 0 saturated carbocycles. The van der Waals surface area contributed by atoms with Gasteiger partial charge < -0.3 is 0 Å². The molecule has 2 aromatic rings. The Morgan fingerprint density at radius 2 is 1.56 bits per heavy atom. The monoisotopic (exact) mass is 270 g/mol. The van der Waals surface area contributed by atoms with E-state index < -0.39 is 0 Å². The molecule has 2 rings (SSSR count). The van der Waals surface area contributed by atoms with Gasteiger partial charge in [-0.3, -0.25) is 0 Å². The van der Waals surface area contributed by atoms with Crippen molar-refractivity contribution >= 4 is 35.0 Å². The Hall–Kier alpha value is -0.770. The van der Waals surface area contributed by atoms with Crippen LogP contribution in [-0.4, -0.2) is 16.2 Å². The van der Waals surface area contributed by atoms with E-state index in [1.54, 1.807) is 11.8 Å².